The molecule has 1 aromatic rings. The van der Waals surface area contributed by atoms with Gasteiger partial charge in [0, 0.05) is 6.42 Å². The van der Waals surface area contributed by atoms with Crippen LogP contribution in [0.15, 0.2) is 16.6 Å². The molecule has 19 heavy (non-hydrogen) atoms. The predicted octanol–water partition coefficient (Wildman–Crippen LogP) is 3.91. The lowest BCUT2D eigenvalue weighted by atomic mass is 10.3. The van der Waals surface area contributed by atoms with Crippen LogP contribution in [0.2, 0.25) is 5.02 Å². The van der Waals surface area contributed by atoms with Crippen LogP contribution in [0.4, 0.5) is 8.78 Å². The summed E-state index contributed by atoms with van der Waals surface area (Å²) in [5, 5.41) is 0.0762. The topological polar surface area (TPSA) is 35.5 Å². The van der Waals surface area contributed by atoms with E-state index in [4.69, 9.17) is 16.3 Å². The third kappa shape index (κ3) is 4.62. The third-order valence-corrected chi connectivity index (χ3v) is 3.07. The Labute approximate surface area is 123 Å². The first-order valence-electron chi connectivity index (χ1n) is 5.54. The Bertz CT molecular complexity index is 457. The Balaban J connectivity index is 2.54. The molecule has 3 nitrogen and oxygen atoms in total. The molecule has 7 heteroatoms. The van der Waals surface area contributed by atoms with Gasteiger partial charge in [0.1, 0.15) is 0 Å². The maximum Gasteiger partial charge on any atom is 0.340 e. The monoisotopic (exact) mass is 356 g/mol. The molecule has 1 atom stereocenters. The predicted molar refractivity (Wildman–Crippen MR) is 70.8 cm³/mol. The summed E-state index contributed by atoms with van der Waals surface area (Å²) >= 11 is 8.74. The lowest BCUT2D eigenvalue weighted by molar-refractivity contribution is -0.149. The highest BCUT2D eigenvalue weighted by Gasteiger charge is 2.19. The molecule has 0 aliphatic carbocycles. The summed E-state index contributed by atoms with van der Waals surface area (Å²) < 4.78 is 36.6. The summed E-state index contributed by atoms with van der Waals surface area (Å²) in [5.74, 6) is -1.79. The number of esters is 1. The van der Waals surface area contributed by atoms with Gasteiger partial charge >= 0.3 is 5.97 Å². The van der Waals surface area contributed by atoms with Crippen molar-refractivity contribution in [3.05, 3.63) is 27.4 Å². The number of rotatable bonds is 6. The minimum atomic E-state index is -1.80. The molecule has 0 aromatic heterocycles. The van der Waals surface area contributed by atoms with Crippen LogP contribution >= 0.6 is 27.5 Å². The maximum absolute atomic E-state index is 13.6. The van der Waals surface area contributed by atoms with Crippen molar-refractivity contribution in [3.63, 3.8) is 0 Å². The molecule has 0 N–H and O–H groups in total. The van der Waals surface area contributed by atoms with Gasteiger partial charge in [0.15, 0.2) is 11.6 Å². The van der Waals surface area contributed by atoms with Gasteiger partial charge in [-0.1, -0.05) is 11.6 Å². The molecule has 0 heterocycles. The summed E-state index contributed by atoms with van der Waals surface area (Å²) in [5.41, 5.74) is 0. The molecular weight excluding hydrogens is 345 g/mol. The van der Waals surface area contributed by atoms with Gasteiger partial charge in [-0.3, -0.25) is 0 Å². The van der Waals surface area contributed by atoms with Crippen molar-refractivity contribution < 1.29 is 23.0 Å². The van der Waals surface area contributed by atoms with Gasteiger partial charge in [0.25, 0.3) is 0 Å². The van der Waals surface area contributed by atoms with Crippen molar-refractivity contribution in [3.8, 4) is 5.75 Å². The normalized spacial score (nSPS) is 12.1. The van der Waals surface area contributed by atoms with Crippen molar-refractivity contribution in [2.75, 3.05) is 13.2 Å². The zero-order chi connectivity index (χ0) is 14.4. The summed E-state index contributed by atoms with van der Waals surface area (Å²) in [7, 11) is 0. The Hall–Kier alpha value is -0.880. The fourth-order valence-electron chi connectivity index (χ4n) is 1.26. The summed E-state index contributed by atoms with van der Waals surface area (Å²) in [6.07, 6.45) is -2.03. The molecule has 0 saturated carbocycles. The fourth-order valence-corrected chi connectivity index (χ4v) is 1.77. The van der Waals surface area contributed by atoms with Gasteiger partial charge in [-0.15, -0.1) is 0 Å². The van der Waals surface area contributed by atoms with Crippen molar-refractivity contribution >= 4 is 33.5 Å². The van der Waals surface area contributed by atoms with Crippen LogP contribution < -0.4 is 4.74 Å². The van der Waals surface area contributed by atoms with E-state index in [-0.39, 0.29) is 34.9 Å². The number of ether oxygens (including phenoxy) is 2. The quantitative estimate of drug-likeness (QED) is 0.572. The molecule has 0 aliphatic heterocycles. The van der Waals surface area contributed by atoms with Crippen molar-refractivity contribution in [2.24, 2.45) is 0 Å². The summed E-state index contributed by atoms with van der Waals surface area (Å²) in [4.78, 5) is 11.0. The third-order valence-electron chi connectivity index (χ3n) is 2.16. The highest BCUT2D eigenvalue weighted by Crippen LogP contribution is 2.32. The SMILES string of the molecule is CCOC(=O)C(F)CCOc1c(Cl)ccc(Br)c1F. The molecule has 0 aliphatic rings. The number of carbonyl (C=O) groups is 1. The van der Waals surface area contributed by atoms with Gasteiger partial charge in [-0.2, -0.15) is 0 Å². The van der Waals surface area contributed by atoms with Crippen LogP contribution in [0.25, 0.3) is 0 Å². The van der Waals surface area contributed by atoms with Gasteiger partial charge < -0.3 is 9.47 Å². The van der Waals surface area contributed by atoms with Crippen LogP contribution in [-0.2, 0) is 9.53 Å². The van der Waals surface area contributed by atoms with E-state index in [2.05, 4.69) is 20.7 Å². The molecule has 0 fully saturated rings. The Kier molecular flexibility index (Phi) is 6.51. The summed E-state index contributed by atoms with van der Waals surface area (Å²) in [6.45, 7) is 1.50. The standard InChI is InChI=1S/C12H12BrClF2O3/c1-2-18-12(17)9(15)5-6-19-11-8(14)4-3-7(13)10(11)16/h3-4,9H,2,5-6H2,1H3. The molecule has 1 rings (SSSR count). The Morgan fingerprint density at radius 2 is 2.21 bits per heavy atom. The molecular formula is C12H12BrClF2O3. The first-order chi connectivity index (χ1) is 8.97. The lowest BCUT2D eigenvalue weighted by Gasteiger charge is -2.11. The minimum absolute atomic E-state index is 0.0762. The molecule has 0 saturated heterocycles. The van der Waals surface area contributed by atoms with Crippen molar-refractivity contribution in [1.82, 2.24) is 0 Å². The second-order valence-electron chi connectivity index (χ2n) is 3.53. The first kappa shape index (κ1) is 16.2. The largest absolute Gasteiger partial charge is 0.489 e. The second-order valence-corrected chi connectivity index (χ2v) is 4.79. The van der Waals surface area contributed by atoms with Gasteiger partial charge in [-0.25, -0.2) is 13.6 Å². The fraction of sp³-hybridized carbons (Fsp3) is 0.417. The van der Waals surface area contributed by atoms with Crippen LogP contribution in [0.5, 0.6) is 5.75 Å². The number of benzene rings is 1. The number of hydrogen-bond donors (Lipinski definition) is 0. The second kappa shape index (κ2) is 7.65. The van der Waals surface area contributed by atoms with E-state index in [0.29, 0.717) is 0 Å². The van der Waals surface area contributed by atoms with E-state index in [1.165, 1.54) is 12.1 Å². The molecule has 106 valence electrons. The smallest absolute Gasteiger partial charge is 0.340 e. The zero-order valence-electron chi connectivity index (χ0n) is 10.1. The zero-order valence-corrected chi connectivity index (χ0v) is 12.4. The highest BCUT2D eigenvalue weighted by molar-refractivity contribution is 9.10. The average molecular weight is 358 g/mol. The van der Waals surface area contributed by atoms with Crippen molar-refractivity contribution in [1.29, 1.82) is 0 Å². The van der Waals surface area contributed by atoms with Gasteiger partial charge in [0.2, 0.25) is 6.17 Å². The molecule has 0 bridgehead atoms. The van der Waals surface area contributed by atoms with Crippen LogP contribution in [0, 0.1) is 5.82 Å². The Morgan fingerprint density at radius 1 is 1.53 bits per heavy atom. The average Bonchev–Trinajstić information content (AvgIpc) is 2.38. The Morgan fingerprint density at radius 3 is 2.84 bits per heavy atom. The number of halogens is 4. The van der Waals surface area contributed by atoms with E-state index in [1.807, 2.05) is 0 Å². The molecule has 1 unspecified atom stereocenters. The van der Waals surface area contributed by atoms with E-state index in [1.54, 1.807) is 6.92 Å². The van der Waals surface area contributed by atoms with Gasteiger partial charge in [-0.05, 0) is 35.0 Å². The molecule has 0 spiro atoms. The van der Waals surface area contributed by atoms with E-state index < -0.39 is 18.0 Å². The van der Waals surface area contributed by atoms with E-state index in [0.717, 1.165) is 0 Å². The number of hydrogen-bond acceptors (Lipinski definition) is 3. The maximum atomic E-state index is 13.6. The van der Waals surface area contributed by atoms with Gasteiger partial charge in [0.05, 0.1) is 22.7 Å². The summed E-state index contributed by atoms with van der Waals surface area (Å²) in [6, 6.07) is 2.88. The van der Waals surface area contributed by atoms with Crippen molar-refractivity contribution in [2.45, 2.75) is 19.5 Å². The molecule has 1 aromatic carbocycles. The number of alkyl halides is 1. The first-order valence-corrected chi connectivity index (χ1v) is 6.71. The minimum Gasteiger partial charge on any atom is -0.489 e. The van der Waals surface area contributed by atoms with Crippen LogP contribution in [0.1, 0.15) is 13.3 Å². The molecule has 0 radical (unpaired) electrons. The number of carbonyl (C=O) groups excluding carboxylic acids is 1. The lowest BCUT2D eigenvalue weighted by Crippen LogP contribution is -2.21. The van der Waals surface area contributed by atoms with E-state index >= 15 is 0 Å². The van der Waals surface area contributed by atoms with Crippen LogP contribution in [0.3, 0.4) is 0 Å². The van der Waals surface area contributed by atoms with Crippen LogP contribution in [-0.4, -0.2) is 25.4 Å². The van der Waals surface area contributed by atoms with E-state index in [9.17, 15) is 13.6 Å². The highest BCUT2D eigenvalue weighted by atomic mass is 79.9. The molecule has 0 amide bonds.